The van der Waals surface area contributed by atoms with Gasteiger partial charge >= 0.3 is 0 Å². The van der Waals surface area contributed by atoms with Gasteiger partial charge in [-0.2, -0.15) is 5.10 Å². The van der Waals surface area contributed by atoms with E-state index < -0.39 is 0 Å². The van der Waals surface area contributed by atoms with Crippen LogP contribution in [0.4, 0.5) is 0 Å². The lowest BCUT2D eigenvalue weighted by Gasteiger charge is -2.26. The molecule has 0 spiro atoms. The lowest BCUT2D eigenvalue weighted by Crippen LogP contribution is -2.44. The summed E-state index contributed by atoms with van der Waals surface area (Å²) in [6.45, 7) is 8.13. The van der Waals surface area contributed by atoms with Crippen molar-refractivity contribution in [1.82, 2.24) is 25.7 Å². The van der Waals surface area contributed by atoms with Crippen molar-refractivity contribution < 1.29 is 4.79 Å². The van der Waals surface area contributed by atoms with E-state index in [1.165, 1.54) is 0 Å². The van der Waals surface area contributed by atoms with Gasteiger partial charge in [0.15, 0.2) is 0 Å². The molecule has 6 nitrogen and oxygen atoms in total. The van der Waals surface area contributed by atoms with Crippen LogP contribution >= 0.6 is 0 Å². The van der Waals surface area contributed by atoms with E-state index in [-0.39, 0.29) is 5.91 Å². The summed E-state index contributed by atoms with van der Waals surface area (Å²) in [7, 11) is 0. The van der Waals surface area contributed by atoms with E-state index in [0.29, 0.717) is 12.2 Å². The Morgan fingerprint density at radius 3 is 2.95 bits per heavy atom. The molecule has 0 aliphatic carbocycles. The Balaban J connectivity index is 1.63. The van der Waals surface area contributed by atoms with Gasteiger partial charge in [0.2, 0.25) is 0 Å². The van der Waals surface area contributed by atoms with Crippen molar-refractivity contribution in [2.75, 3.05) is 39.3 Å². The topological polar surface area (TPSA) is 73.1 Å². The molecule has 0 saturated carbocycles. The fourth-order valence-corrected chi connectivity index (χ4v) is 2.19. The summed E-state index contributed by atoms with van der Waals surface area (Å²) in [5, 5.41) is 13.1. The number of hydrogen-bond acceptors (Lipinski definition) is 4. The zero-order valence-corrected chi connectivity index (χ0v) is 11.5. The first-order chi connectivity index (χ1) is 9.29. The highest BCUT2D eigenvalue weighted by Crippen LogP contribution is 2.00. The van der Waals surface area contributed by atoms with Gasteiger partial charge in [-0.25, -0.2) is 0 Å². The number of piperazine rings is 1. The van der Waals surface area contributed by atoms with Gasteiger partial charge in [0.25, 0.3) is 5.91 Å². The molecule has 0 radical (unpaired) electrons. The van der Waals surface area contributed by atoms with Crippen molar-refractivity contribution in [3.05, 3.63) is 17.5 Å². The number of carbonyl (C=O) groups is 1. The quantitative estimate of drug-likeness (QED) is 0.633. The average molecular weight is 265 g/mol. The van der Waals surface area contributed by atoms with Crippen LogP contribution in [0.2, 0.25) is 0 Å². The normalized spacial score (nSPS) is 16.5. The summed E-state index contributed by atoms with van der Waals surface area (Å²) in [6, 6.07) is 1.81. The third-order valence-electron chi connectivity index (χ3n) is 3.39. The first kappa shape index (κ1) is 14.0. The van der Waals surface area contributed by atoms with Crippen molar-refractivity contribution in [3.8, 4) is 0 Å². The van der Waals surface area contributed by atoms with Crippen LogP contribution in [0.5, 0.6) is 0 Å². The van der Waals surface area contributed by atoms with E-state index in [1.54, 1.807) is 0 Å². The third kappa shape index (κ3) is 4.33. The van der Waals surface area contributed by atoms with Crippen LogP contribution in [0.1, 0.15) is 29.5 Å². The molecule has 1 fully saturated rings. The summed E-state index contributed by atoms with van der Waals surface area (Å²) in [4.78, 5) is 14.2. The van der Waals surface area contributed by atoms with Gasteiger partial charge in [-0.15, -0.1) is 0 Å². The molecule has 3 N–H and O–H groups in total. The molecule has 1 aliphatic rings. The molecule has 1 amide bonds. The number of carbonyl (C=O) groups excluding carboxylic acids is 1. The van der Waals surface area contributed by atoms with E-state index in [1.807, 2.05) is 13.0 Å². The number of amides is 1. The molecular formula is C13H23N5O. The van der Waals surface area contributed by atoms with Gasteiger partial charge in [-0.3, -0.25) is 9.89 Å². The highest BCUT2D eigenvalue weighted by atomic mass is 16.1. The summed E-state index contributed by atoms with van der Waals surface area (Å²) in [5.41, 5.74) is 1.48. The minimum Gasteiger partial charge on any atom is -0.351 e. The Kier molecular flexibility index (Phi) is 5.35. The zero-order valence-electron chi connectivity index (χ0n) is 11.5. The van der Waals surface area contributed by atoms with E-state index in [4.69, 9.17) is 0 Å². The number of aryl methyl sites for hydroxylation is 1. The molecule has 106 valence electrons. The van der Waals surface area contributed by atoms with Crippen LogP contribution < -0.4 is 10.6 Å². The molecule has 0 unspecified atom stereocenters. The molecule has 1 saturated heterocycles. The van der Waals surface area contributed by atoms with Gasteiger partial charge in [0.1, 0.15) is 5.69 Å². The number of aromatic nitrogens is 2. The number of H-pyrrole nitrogens is 1. The average Bonchev–Trinajstić information content (AvgIpc) is 2.93. The summed E-state index contributed by atoms with van der Waals surface area (Å²) >= 11 is 0. The van der Waals surface area contributed by atoms with Crippen LogP contribution in [0.15, 0.2) is 6.07 Å². The van der Waals surface area contributed by atoms with Crippen molar-refractivity contribution in [2.45, 2.75) is 19.8 Å². The largest absolute Gasteiger partial charge is 0.351 e. The van der Waals surface area contributed by atoms with Gasteiger partial charge in [0, 0.05) is 38.4 Å². The second-order valence-corrected chi connectivity index (χ2v) is 4.83. The lowest BCUT2D eigenvalue weighted by atomic mass is 10.3. The van der Waals surface area contributed by atoms with Gasteiger partial charge < -0.3 is 15.5 Å². The lowest BCUT2D eigenvalue weighted by molar-refractivity contribution is 0.0946. The second-order valence-electron chi connectivity index (χ2n) is 4.83. The van der Waals surface area contributed by atoms with E-state index in [9.17, 15) is 4.79 Å². The van der Waals surface area contributed by atoms with E-state index in [0.717, 1.165) is 51.3 Å². The summed E-state index contributed by atoms with van der Waals surface area (Å²) in [5.74, 6) is -0.0868. The Hall–Kier alpha value is -1.40. The molecule has 19 heavy (non-hydrogen) atoms. The molecule has 0 bridgehead atoms. The highest BCUT2D eigenvalue weighted by molar-refractivity contribution is 5.92. The SMILES string of the molecule is CCc1cc(C(=O)NCCCN2CCNCC2)n[nH]1. The fraction of sp³-hybridized carbons (Fsp3) is 0.692. The minimum absolute atomic E-state index is 0.0868. The molecule has 1 aromatic heterocycles. The van der Waals surface area contributed by atoms with Crippen LogP contribution in [-0.4, -0.2) is 60.3 Å². The number of aromatic amines is 1. The maximum absolute atomic E-state index is 11.8. The van der Waals surface area contributed by atoms with Gasteiger partial charge in [0.05, 0.1) is 0 Å². The molecule has 0 atom stereocenters. The molecule has 1 aliphatic heterocycles. The standard InChI is InChI=1S/C13H23N5O/c1-2-11-10-12(17-16-11)13(19)15-4-3-7-18-8-5-14-6-9-18/h10,14H,2-9H2,1H3,(H,15,19)(H,16,17). The third-order valence-corrected chi connectivity index (χ3v) is 3.39. The maximum Gasteiger partial charge on any atom is 0.271 e. The first-order valence-electron chi connectivity index (χ1n) is 7.05. The number of nitrogens with one attached hydrogen (secondary N) is 3. The van der Waals surface area contributed by atoms with Crippen molar-refractivity contribution in [1.29, 1.82) is 0 Å². The van der Waals surface area contributed by atoms with E-state index in [2.05, 4.69) is 25.7 Å². The Morgan fingerprint density at radius 1 is 1.47 bits per heavy atom. The van der Waals surface area contributed by atoms with Crippen molar-refractivity contribution in [2.24, 2.45) is 0 Å². The minimum atomic E-state index is -0.0868. The molecule has 2 rings (SSSR count). The Labute approximate surface area is 113 Å². The highest BCUT2D eigenvalue weighted by Gasteiger charge is 2.11. The van der Waals surface area contributed by atoms with Gasteiger partial charge in [-0.05, 0) is 25.5 Å². The van der Waals surface area contributed by atoms with Crippen LogP contribution in [-0.2, 0) is 6.42 Å². The molecule has 1 aromatic rings. The second kappa shape index (κ2) is 7.25. The molecule has 6 heteroatoms. The number of nitrogens with zero attached hydrogens (tertiary/aromatic N) is 2. The molecule has 2 heterocycles. The summed E-state index contributed by atoms with van der Waals surface area (Å²) < 4.78 is 0. The molecular weight excluding hydrogens is 242 g/mol. The van der Waals surface area contributed by atoms with Crippen LogP contribution in [0.3, 0.4) is 0 Å². The fourth-order valence-electron chi connectivity index (χ4n) is 2.19. The van der Waals surface area contributed by atoms with E-state index >= 15 is 0 Å². The van der Waals surface area contributed by atoms with Crippen LogP contribution in [0, 0.1) is 0 Å². The van der Waals surface area contributed by atoms with Crippen molar-refractivity contribution in [3.63, 3.8) is 0 Å². The predicted octanol–water partition coefficient (Wildman–Crippen LogP) is -0.00280. The maximum atomic E-state index is 11.8. The predicted molar refractivity (Wildman–Crippen MR) is 74.2 cm³/mol. The van der Waals surface area contributed by atoms with Crippen molar-refractivity contribution >= 4 is 5.91 Å². The Morgan fingerprint density at radius 2 is 2.26 bits per heavy atom. The molecule has 0 aromatic carbocycles. The first-order valence-corrected chi connectivity index (χ1v) is 7.05. The van der Waals surface area contributed by atoms with Crippen LogP contribution in [0.25, 0.3) is 0 Å². The smallest absolute Gasteiger partial charge is 0.271 e. The number of hydrogen-bond donors (Lipinski definition) is 3. The summed E-state index contributed by atoms with van der Waals surface area (Å²) in [6.07, 6.45) is 1.85. The zero-order chi connectivity index (χ0) is 13.5. The van der Waals surface area contributed by atoms with Gasteiger partial charge in [-0.1, -0.05) is 6.92 Å². The monoisotopic (exact) mass is 265 g/mol. The number of rotatable bonds is 6. The Bertz CT molecular complexity index is 397.